The minimum absolute atomic E-state index is 0.0688. The van der Waals surface area contributed by atoms with Crippen molar-refractivity contribution in [2.45, 2.75) is 56.8 Å². The molecule has 1 aromatic heterocycles. The number of hydrogen-bond donors (Lipinski definition) is 0. The predicted octanol–water partition coefficient (Wildman–Crippen LogP) is 3.91. The zero-order valence-corrected chi connectivity index (χ0v) is 16.9. The van der Waals surface area contributed by atoms with Crippen LogP contribution in [0.25, 0.3) is 0 Å². The SMILES string of the molecule is CC(C)(C)OC(=O)N1CCC(CCS(=O)(=O)c2cccc(C(F)(F)F)n2)CC1. The lowest BCUT2D eigenvalue weighted by atomic mass is 9.95. The van der Waals surface area contributed by atoms with Gasteiger partial charge < -0.3 is 9.64 Å². The number of amides is 1. The predicted molar refractivity (Wildman–Crippen MR) is 96.4 cm³/mol. The fourth-order valence-electron chi connectivity index (χ4n) is 2.90. The molecule has 6 nitrogen and oxygen atoms in total. The summed E-state index contributed by atoms with van der Waals surface area (Å²) in [5.74, 6) is -0.211. The zero-order chi connectivity index (χ0) is 21.2. The average Bonchev–Trinajstić information content (AvgIpc) is 2.58. The number of carbonyl (C=O) groups excluding carboxylic acids is 1. The van der Waals surface area contributed by atoms with E-state index in [2.05, 4.69) is 4.98 Å². The van der Waals surface area contributed by atoms with Crippen LogP contribution in [0.1, 0.15) is 45.7 Å². The summed E-state index contributed by atoms with van der Waals surface area (Å²) in [5, 5.41) is -0.562. The van der Waals surface area contributed by atoms with Crippen LogP contribution in [-0.2, 0) is 20.8 Å². The quantitative estimate of drug-likeness (QED) is 0.735. The highest BCUT2D eigenvalue weighted by molar-refractivity contribution is 7.91. The fourth-order valence-corrected chi connectivity index (χ4v) is 4.28. The minimum Gasteiger partial charge on any atom is -0.444 e. The summed E-state index contributed by atoms with van der Waals surface area (Å²) in [5.41, 5.74) is -1.81. The smallest absolute Gasteiger partial charge is 0.433 e. The molecule has 1 aromatic rings. The number of rotatable bonds is 4. The number of ether oxygens (including phenoxy) is 1. The van der Waals surface area contributed by atoms with Gasteiger partial charge in [-0.3, -0.25) is 0 Å². The molecule has 0 radical (unpaired) electrons. The lowest BCUT2D eigenvalue weighted by Crippen LogP contribution is -2.41. The summed E-state index contributed by atoms with van der Waals surface area (Å²) >= 11 is 0. The van der Waals surface area contributed by atoms with E-state index in [0.29, 0.717) is 32.4 Å². The molecule has 1 fully saturated rings. The topological polar surface area (TPSA) is 76.6 Å². The molecule has 1 aliphatic heterocycles. The van der Waals surface area contributed by atoms with E-state index in [9.17, 15) is 26.4 Å². The van der Waals surface area contributed by atoms with E-state index in [1.54, 1.807) is 25.7 Å². The Balaban J connectivity index is 1.90. The Morgan fingerprint density at radius 3 is 2.36 bits per heavy atom. The van der Waals surface area contributed by atoms with Gasteiger partial charge in [0.2, 0.25) is 0 Å². The molecule has 158 valence electrons. The molecular weight excluding hydrogens is 397 g/mol. The van der Waals surface area contributed by atoms with Gasteiger partial charge in [0.1, 0.15) is 11.3 Å². The summed E-state index contributed by atoms with van der Waals surface area (Å²) < 4.78 is 68.3. The van der Waals surface area contributed by atoms with E-state index in [1.165, 1.54) is 0 Å². The van der Waals surface area contributed by atoms with Crippen molar-refractivity contribution in [3.63, 3.8) is 0 Å². The van der Waals surface area contributed by atoms with Crippen LogP contribution in [0.4, 0.5) is 18.0 Å². The van der Waals surface area contributed by atoms with Crippen LogP contribution in [0.2, 0.25) is 0 Å². The highest BCUT2D eigenvalue weighted by atomic mass is 32.2. The monoisotopic (exact) mass is 422 g/mol. The molecule has 1 aliphatic rings. The van der Waals surface area contributed by atoms with E-state index in [4.69, 9.17) is 4.74 Å². The van der Waals surface area contributed by atoms with Crippen molar-refractivity contribution in [1.82, 2.24) is 9.88 Å². The third kappa shape index (κ3) is 6.35. The van der Waals surface area contributed by atoms with Gasteiger partial charge in [-0.05, 0) is 58.1 Å². The maximum atomic E-state index is 12.7. The van der Waals surface area contributed by atoms with Crippen LogP contribution >= 0.6 is 0 Å². The Morgan fingerprint density at radius 1 is 1.21 bits per heavy atom. The second kappa shape index (κ2) is 8.26. The molecule has 0 aliphatic carbocycles. The summed E-state index contributed by atoms with van der Waals surface area (Å²) in [6, 6.07) is 2.86. The van der Waals surface area contributed by atoms with Crippen molar-refractivity contribution in [3.8, 4) is 0 Å². The number of nitrogens with zero attached hydrogens (tertiary/aromatic N) is 2. The van der Waals surface area contributed by atoms with Gasteiger partial charge in [0.25, 0.3) is 0 Å². The number of sulfone groups is 1. The van der Waals surface area contributed by atoms with Crippen LogP contribution in [0.5, 0.6) is 0 Å². The highest BCUT2D eigenvalue weighted by Crippen LogP contribution is 2.29. The molecule has 0 aromatic carbocycles. The molecule has 0 N–H and O–H groups in total. The summed E-state index contributed by atoms with van der Waals surface area (Å²) in [6.45, 7) is 6.27. The third-order valence-corrected chi connectivity index (χ3v) is 6.03. The van der Waals surface area contributed by atoms with E-state index in [1.807, 2.05) is 0 Å². The molecule has 1 saturated heterocycles. The molecule has 2 rings (SSSR count). The van der Waals surface area contributed by atoms with E-state index >= 15 is 0 Å². The van der Waals surface area contributed by atoms with Crippen molar-refractivity contribution < 1.29 is 31.1 Å². The van der Waals surface area contributed by atoms with Crippen molar-refractivity contribution in [1.29, 1.82) is 0 Å². The van der Waals surface area contributed by atoms with Crippen LogP contribution in [0, 0.1) is 5.92 Å². The molecule has 0 unspecified atom stereocenters. The Morgan fingerprint density at radius 2 is 1.82 bits per heavy atom. The maximum absolute atomic E-state index is 12.7. The van der Waals surface area contributed by atoms with Crippen molar-refractivity contribution in [3.05, 3.63) is 23.9 Å². The molecule has 0 atom stereocenters. The first-order chi connectivity index (χ1) is 12.8. The first-order valence-corrected chi connectivity index (χ1v) is 10.7. The van der Waals surface area contributed by atoms with Gasteiger partial charge in [-0.15, -0.1) is 0 Å². The fraction of sp³-hybridized carbons (Fsp3) is 0.667. The van der Waals surface area contributed by atoms with Crippen LogP contribution in [0.3, 0.4) is 0 Å². The Hall–Kier alpha value is -1.84. The number of hydrogen-bond acceptors (Lipinski definition) is 5. The molecular formula is C18H25F3N2O4S. The molecule has 0 bridgehead atoms. The van der Waals surface area contributed by atoms with Crippen LogP contribution in [0.15, 0.2) is 23.2 Å². The number of likely N-dealkylation sites (tertiary alicyclic amines) is 1. The summed E-state index contributed by atoms with van der Waals surface area (Å²) in [7, 11) is -3.91. The summed E-state index contributed by atoms with van der Waals surface area (Å²) in [6.07, 6.45) is -3.55. The van der Waals surface area contributed by atoms with Gasteiger partial charge >= 0.3 is 12.3 Å². The van der Waals surface area contributed by atoms with Crippen molar-refractivity contribution in [2.24, 2.45) is 5.92 Å². The average molecular weight is 422 g/mol. The lowest BCUT2D eigenvalue weighted by Gasteiger charge is -2.33. The Bertz CT molecular complexity index is 796. The van der Waals surface area contributed by atoms with Gasteiger partial charge in [0.05, 0.1) is 5.75 Å². The van der Waals surface area contributed by atoms with Gasteiger partial charge in [-0.1, -0.05) is 6.07 Å². The van der Waals surface area contributed by atoms with Gasteiger partial charge in [-0.25, -0.2) is 18.2 Å². The summed E-state index contributed by atoms with van der Waals surface area (Å²) in [4.78, 5) is 16.9. The number of alkyl halides is 3. The third-order valence-electron chi connectivity index (χ3n) is 4.39. The van der Waals surface area contributed by atoms with E-state index < -0.39 is 38.4 Å². The molecule has 0 spiro atoms. The van der Waals surface area contributed by atoms with E-state index in [-0.39, 0.29) is 11.7 Å². The van der Waals surface area contributed by atoms with Gasteiger partial charge in [0, 0.05) is 13.1 Å². The van der Waals surface area contributed by atoms with Gasteiger partial charge in [-0.2, -0.15) is 13.2 Å². The normalized spacial score (nSPS) is 16.9. The first kappa shape index (κ1) is 22.4. The standard InChI is InChI=1S/C18H25F3N2O4S/c1-17(2,3)27-16(24)23-10-7-13(8-11-23)9-12-28(25,26)15-6-4-5-14(22-15)18(19,20)21/h4-6,13H,7-12H2,1-3H3. The van der Waals surface area contributed by atoms with E-state index in [0.717, 1.165) is 18.2 Å². The maximum Gasteiger partial charge on any atom is 0.433 e. The van der Waals surface area contributed by atoms with Crippen LogP contribution in [-0.4, -0.2) is 48.8 Å². The molecule has 0 saturated carbocycles. The zero-order valence-electron chi connectivity index (χ0n) is 16.1. The van der Waals surface area contributed by atoms with Gasteiger partial charge in [0.15, 0.2) is 14.9 Å². The number of halogens is 3. The second-order valence-corrected chi connectivity index (χ2v) is 9.93. The van der Waals surface area contributed by atoms with Crippen molar-refractivity contribution in [2.75, 3.05) is 18.8 Å². The number of carbonyl (C=O) groups is 1. The largest absolute Gasteiger partial charge is 0.444 e. The van der Waals surface area contributed by atoms with Crippen LogP contribution < -0.4 is 0 Å². The number of pyridine rings is 1. The minimum atomic E-state index is -4.69. The second-order valence-electron chi connectivity index (χ2n) is 7.88. The molecule has 1 amide bonds. The molecule has 2 heterocycles. The molecule has 10 heteroatoms. The first-order valence-electron chi connectivity index (χ1n) is 9.03. The highest BCUT2D eigenvalue weighted by Gasteiger charge is 2.34. The van der Waals surface area contributed by atoms with Crippen molar-refractivity contribution >= 4 is 15.9 Å². The number of piperidine rings is 1. The Labute approximate surface area is 163 Å². The molecule has 28 heavy (non-hydrogen) atoms. The Kier molecular flexibility index (Phi) is 6.62. The lowest BCUT2D eigenvalue weighted by molar-refractivity contribution is -0.141. The number of aromatic nitrogens is 1.